The van der Waals surface area contributed by atoms with Crippen LogP contribution >= 0.6 is 0 Å². The van der Waals surface area contributed by atoms with Crippen molar-refractivity contribution < 1.29 is 9.59 Å². The van der Waals surface area contributed by atoms with Crippen LogP contribution in [0, 0.1) is 0 Å². The number of nitrogens with zero attached hydrogens (tertiary/aromatic N) is 1. The van der Waals surface area contributed by atoms with Gasteiger partial charge >= 0.3 is 0 Å². The number of rotatable bonds is 7. The van der Waals surface area contributed by atoms with Gasteiger partial charge in [0.05, 0.1) is 0 Å². The fourth-order valence-electron chi connectivity index (χ4n) is 3.52. The maximum absolute atomic E-state index is 13.0. The van der Waals surface area contributed by atoms with E-state index in [2.05, 4.69) is 17.4 Å². The summed E-state index contributed by atoms with van der Waals surface area (Å²) in [4.78, 5) is 25.9. The molecule has 0 bridgehead atoms. The molecule has 0 unspecified atom stereocenters. The molecule has 0 aliphatic carbocycles. The molecule has 1 aliphatic rings. The first-order valence-electron chi connectivity index (χ1n) is 9.55. The zero-order chi connectivity index (χ0) is 19.1. The van der Waals surface area contributed by atoms with Crippen molar-refractivity contribution in [3.8, 4) is 0 Å². The average Bonchev–Trinajstić information content (AvgIpc) is 2.72. The Morgan fingerprint density at radius 2 is 1.81 bits per heavy atom. The zero-order valence-corrected chi connectivity index (χ0v) is 15.6. The fraction of sp³-hybridized carbons (Fsp3) is 0.364. The minimum Gasteiger partial charge on any atom is -0.370 e. The predicted octanol–water partition coefficient (Wildman–Crippen LogP) is 2.67. The molecule has 3 N–H and O–H groups in total. The molecule has 27 heavy (non-hydrogen) atoms. The highest BCUT2D eigenvalue weighted by atomic mass is 16.2. The minimum atomic E-state index is -0.402. The number of hydrogen-bond acceptors (Lipinski definition) is 3. The van der Waals surface area contributed by atoms with Crippen molar-refractivity contribution in [3.63, 3.8) is 0 Å². The van der Waals surface area contributed by atoms with E-state index in [1.165, 1.54) is 18.4 Å². The first-order chi connectivity index (χ1) is 13.1. The van der Waals surface area contributed by atoms with E-state index in [4.69, 9.17) is 5.73 Å². The number of benzene rings is 2. The molecular weight excluding hydrogens is 338 g/mol. The molecule has 5 nitrogen and oxygen atoms in total. The van der Waals surface area contributed by atoms with Crippen LogP contribution in [0.1, 0.15) is 46.7 Å². The standard InChI is InChI=1S/C22H27N3O2/c23-21(26)12-14-25(16-17-5-2-1-3-6-17)22(27)19-10-8-18(9-11-19)20-7-4-13-24-15-20/h1-3,5-6,8-11,20,24H,4,7,12-16H2,(H2,23,26)/t20-/m1/s1. The van der Waals surface area contributed by atoms with Crippen LogP contribution in [0.5, 0.6) is 0 Å². The highest BCUT2D eigenvalue weighted by Gasteiger charge is 2.19. The number of hydrogen-bond donors (Lipinski definition) is 2. The topological polar surface area (TPSA) is 75.4 Å². The summed E-state index contributed by atoms with van der Waals surface area (Å²) in [5, 5.41) is 3.42. The summed E-state index contributed by atoms with van der Waals surface area (Å²) in [5.74, 6) is 0.0348. The van der Waals surface area contributed by atoms with Gasteiger partial charge in [-0.15, -0.1) is 0 Å². The molecule has 2 amide bonds. The normalized spacial score (nSPS) is 16.7. The fourth-order valence-corrected chi connectivity index (χ4v) is 3.52. The molecule has 0 spiro atoms. The lowest BCUT2D eigenvalue weighted by molar-refractivity contribution is -0.118. The number of nitrogens with one attached hydrogen (secondary N) is 1. The van der Waals surface area contributed by atoms with Gasteiger partial charge in [-0.1, -0.05) is 42.5 Å². The van der Waals surface area contributed by atoms with Gasteiger partial charge in [0.1, 0.15) is 0 Å². The van der Waals surface area contributed by atoms with Gasteiger partial charge in [0, 0.05) is 31.6 Å². The molecule has 1 fully saturated rings. The summed E-state index contributed by atoms with van der Waals surface area (Å²) in [6.07, 6.45) is 2.52. The quantitative estimate of drug-likeness (QED) is 0.792. The lowest BCUT2D eigenvalue weighted by Crippen LogP contribution is -2.33. The number of nitrogens with two attached hydrogens (primary N) is 1. The van der Waals surface area contributed by atoms with Crippen LogP contribution in [-0.2, 0) is 11.3 Å². The van der Waals surface area contributed by atoms with E-state index in [1.54, 1.807) is 4.90 Å². The van der Waals surface area contributed by atoms with E-state index in [9.17, 15) is 9.59 Å². The second kappa shape index (κ2) is 9.33. The first kappa shape index (κ1) is 19.1. The van der Waals surface area contributed by atoms with Crippen LogP contribution in [0.15, 0.2) is 54.6 Å². The van der Waals surface area contributed by atoms with E-state index in [-0.39, 0.29) is 12.3 Å². The van der Waals surface area contributed by atoms with Crippen molar-refractivity contribution in [2.75, 3.05) is 19.6 Å². The molecule has 0 radical (unpaired) electrons. The summed E-state index contributed by atoms with van der Waals surface area (Å²) in [7, 11) is 0. The van der Waals surface area contributed by atoms with Crippen molar-refractivity contribution in [1.29, 1.82) is 0 Å². The van der Waals surface area contributed by atoms with Crippen LogP contribution in [0.25, 0.3) is 0 Å². The Bertz CT molecular complexity index is 753. The minimum absolute atomic E-state index is 0.0755. The van der Waals surface area contributed by atoms with Crippen LogP contribution in [0.2, 0.25) is 0 Å². The molecule has 1 aliphatic heterocycles. The van der Waals surface area contributed by atoms with Crippen molar-refractivity contribution in [1.82, 2.24) is 10.2 Å². The Labute approximate surface area is 160 Å². The Morgan fingerprint density at radius 3 is 2.44 bits per heavy atom. The van der Waals surface area contributed by atoms with E-state index in [0.717, 1.165) is 18.7 Å². The molecule has 3 rings (SSSR count). The van der Waals surface area contributed by atoms with Crippen molar-refractivity contribution in [2.24, 2.45) is 5.73 Å². The van der Waals surface area contributed by atoms with E-state index >= 15 is 0 Å². The highest BCUT2D eigenvalue weighted by molar-refractivity contribution is 5.94. The predicted molar refractivity (Wildman–Crippen MR) is 106 cm³/mol. The molecular formula is C22H27N3O2. The lowest BCUT2D eigenvalue weighted by Gasteiger charge is -2.24. The lowest BCUT2D eigenvalue weighted by atomic mass is 9.91. The molecule has 1 saturated heterocycles. The SMILES string of the molecule is NC(=O)CCN(Cc1ccccc1)C(=O)c1ccc([C@@H]2CCCNC2)cc1. The zero-order valence-electron chi connectivity index (χ0n) is 15.6. The van der Waals surface area contributed by atoms with Gasteiger partial charge < -0.3 is 16.0 Å². The molecule has 0 aromatic heterocycles. The van der Waals surface area contributed by atoms with E-state index in [0.29, 0.717) is 24.6 Å². The largest absolute Gasteiger partial charge is 0.370 e. The van der Waals surface area contributed by atoms with Crippen molar-refractivity contribution in [3.05, 3.63) is 71.3 Å². The first-order valence-corrected chi connectivity index (χ1v) is 9.55. The third kappa shape index (κ3) is 5.41. The number of amides is 2. The summed E-state index contributed by atoms with van der Waals surface area (Å²) in [5.41, 5.74) is 8.23. The van der Waals surface area contributed by atoms with Gasteiger partial charge in [0.25, 0.3) is 5.91 Å². The second-order valence-corrected chi connectivity index (χ2v) is 7.09. The summed E-state index contributed by atoms with van der Waals surface area (Å²) in [6.45, 7) is 2.85. The van der Waals surface area contributed by atoms with Gasteiger partial charge in [-0.25, -0.2) is 0 Å². The highest BCUT2D eigenvalue weighted by Crippen LogP contribution is 2.23. The molecule has 1 atom stereocenters. The van der Waals surface area contributed by atoms with Crippen molar-refractivity contribution >= 4 is 11.8 Å². The van der Waals surface area contributed by atoms with Crippen LogP contribution in [0.4, 0.5) is 0 Å². The van der Waals surface area contributed by atoms with Gasteiger partial charge in [0.15, 0.2) is 0 Å². The summed E-state index contributed by atoms with van der Waals surface area (Å²) >= 11 is 0. The third-order valence-corrected chi connectivity index (χ3v) is 5.06. The van der Waals surface area contributed by atoms with E-state index in [1.807, 2.05) is 42.5 Å². The maximum Gasteiger partial charge on any atom is 0.254 e. The van der Waals surface area contributed by atoms with E-state index < -0.39 is 5.91 Å². The number of piperidine rings is 1. The Morgan fingerprint density at radius 1 is 1.07 bits per heavy atom. The van der Waals surface area contributed by atoms with Gasteiger partial charge in [-0.2, -0.15) is 0 Å². The van der Waals surface area contributed by atoms with Crippen LogP contribution in [0.3, 0.4) is 0 Å². The Hall–Kier alpha value is -2.66. The van der Waals surface area contributed by atoms with Gasteiger partial charge in [-0.05, 0) is 48.6 Å². The monoisotopic (exact) mass is 365 g/mol. The third-order valence-electron chi connectivity index (χ3n) is 5.06. The Balaban J connectivity index is 1.72. The van der Waals surface area contributed by atoms with Gasteiger partial charge in [0.2, 0.25) is 5.91 Å². The number of carbonyl (C=O) groups excluding carboxylic acids is 2. The molecule has 5 heteroatoms. The number of primary amides is 1. The molecule has 2 aromatic rings. The smallest absolute Gasteiger partial charge is 0.254 e. The summed E-state index contributed by atoms with van der Waals surface area (Å²) < 4.78 is 0. The average molecular weight is 365 g/mol. The molecule has 1 heterocycles. The van der Waals surface area contributed by atoms with Crippen LogP contribution < -0.4 is 11.1 Å². The second-order valence-electron chi connectivity index (χ2n) is 7.09. The molecule has 2 aromatic carbocycles. The Kier molecular flexibility index (Phi) is 6.60. The van der Waals surface area contributed by atoms with Gasteiger partial charge in [-0.3, -0.25) is 9.59 Å². The number of carbonyl (C=O) groups is 2. The summed E-state index contributed by atoms with van der Waals surface area (Å²) in [6, 6.07) is 17.7. The van der Waals surface area contributed by atoms with Crippen LogP contribution in [-0.4, -0.2) is 36.3 Å². The van der Waals surface area contributed by atoms with Crippen molar-refractivity contribution in [2.45, 2.75) is 31.7 Å². The molecule has 142 valence electrons. The molecule has 0 saturated carbocycles. The maximum atomic E-state index is 13.0.